The average molecular weight is 115 g/mol. The molecule has 0 aliphatic carbocycles. The number of hydrogen-bond donors (Lipinski definition) is 1. The van der Waals surface area contributed by atoms with Crippen LogP contribution in [0.25, 0.3) is 0 Å². The summed E-state index contributed by atoms with van der Waals surface area (Å²) in [5.74, 6) is 0.0243. The van der Waals surface area contributed by atoms with Gasteiger partial charge in [-0.05, 0) is 6.42 Å². The van der Waals surface area contributed by atoms with Crippen molar-refractivity contribution >= 4 is 5.78 Å². The quantitative estimate of drug-likeness (QED) is 0.454. The van der Waals surface area contributed by atoms with Gasteiger partial charge in [-0.3, -0.25) is 4.79 Å². The van der Waals surface area contributed by atoms with E-state index in [1.165, 1.54) is 0 Å². The Labute approximate surface area is 47.8 Å². The topological polar surface area (TPSA) is 52.3 Å². The van der Waals surface area contributed by atoms with Crippen molar-refractivity contribution in [3.8, 4) is 0 Å². The molecule has 8 heavy (non-hydrogen) atoms. The summed E-state index contributed by atoms with van der Waals surface area (Å²) in [6, 6.07) is -0.260. The standard InChI is InChI=1S/C5H9NO2/c6-4-1-2-8-3-5(4)7/h4H,1-3,6H2. The fourth-order valence-corrected chi connectivity index (χ4v) is 0.651. The third kappa shape index (κ3) is 1.05. The van der Waals surface area contributed by atoms with Crippen molar-refractivity contribution in [2.24, 2.45) is 5.73 Å². The second-order valence-electron chi connectivity index (χ2n) is 1.91. The van der Waals surface area contributed by atoms with Crippen LogP contribution in [0.1, 0.15) is 6.42 Å². The highest BCUT2D eigenvalue weighted by Gasteiger charge is 2.17. The van der Waals surface area contributed by atoms with Crippen LogP contribution >= 0.6 is 0 Å². The van der Waals surface area contributed by atoms with Gasteiger partial charge < -0.3 is 10.5 Å². The first-order valence-electron chi connectivity index (χ1n) is 2.67. The first-order valence-corrected chi connectivity index (χ1v) is 2.67. The van der Waals surface area contributed by atoms with Crippen molar-refractivity contribution in [3.05, 3.63) is 0 Å². The molecule has 1 saturated heterocycles. The van der Waals surface area contributed by atoms with E-state index in [0.29, 0.717) is 13.0 Å². The third-order valence-corrected chi connectivity index (χ3v) is 1.23. The van der Waals surface area contributed by atoms with Gasteiger partial charge in [-0.2, -0.15) is 0 Å². The molecule has 2 N–H and O–H groups in total. The molecule has 3 nitrogen and oxygen atoms in total. The second kappa shape index (κ2) is 2.24. The van der Waals surface area contributed by atoms with Gasteiger partial charge in [0.2, 0.25) is 0 Å². The summed E-state index contributed by atoms with van der Waals surface area (Å²) in [5, 5.41) is 0. The molecule has 1 fully saturated rings. The Morgan fingerprint density at radius 1 is 1.75 bits per heavy atom. The van der Waals surface area contributed by atoms with Gasteiger partial charge in [0, 0.05) is 6.61 Å². The molecule has 1 rings (SSSR count). The molecule has 0 aromatic rings. The van der Waals surface area contributed by atoms with Crippen molar-refractivity contribution in [2.75, 3.05) is 13.2 Å². The molecule has 1 aliphatic rings. The minimum absolute atomic E-state index is 0.0243. The van der Waals surface area contributed by atoms with E-state index >= 15 is 0 Å². The first kappa shape index (κ1) is 5.72. The zero-order valence-electron chi connectivity index (χ0n) is 4.59. The molecule has 3 heteroatoms. The van der Waals surface area contributed by atoms with Crippen LogP contribution in [0.5, 0.6) is 0 Å². The van der Waals surface area contributed by atoms with Crippen molar-refractivity contribution < 1.29 is 9.53 Å². The highest BCUT2D eigenvalue weighted by atomic mass is 16.5. The molecule has 0 amide bonds. The molecule has 1 heterocycles. The number of ether oxygens (including phenoxy) is 1. The van der Waals surface area contributed by atoms with Gasteiger partial charge >= 0.3 is 0 Å². The molecule has 0 bridgehead atoms. The highest BCUT2D eigenvalue weighted by molar-refractivity contribution is 5.85. The maximum Gasteiger partial charge on any atom is 0.175 e. The Morgan fingerprint density at radius 3 is 2.88 bits per heavy atom. The normalized spacial score (nSPS) is 30.6. The van der Waals surface area contributed by atoms with Crippen molar-refractivity contribution in [3.63, 3.8) is 0 Å². The predicted octanol–water partition coefficient (Wildman–Crippen LogP) is -0.697. The smallest absolute Gasteiger partial charge is 0.175 e. The van der Waals surface area contributed by atoms with Gasteiger partial charge in [0.1, 0.15) is 6.61 Å². The summed E-state index contributed by atoms with van der Waals surface area (Å²) in [7, 11) is 0. The van der Waals surface area contributed by atoms with Gasteiger partial charge in [0.25, 0.3) is 0 Å². The molecule has 0 aromatic heterocycles. The Morgan fingerprint density at radius 2 is 2.50 bits per heavy atom. The van der Waals surface area contributed by atoms with Gasteiger partial charge in [-0.1, -0.05) is 0 Å². The Balaban J connectivity index is 2.39. The minimum Gasteiger partial charge on any atom is -0.374 e. The summed E-state index contributed by atoms with van der Waals surface area (Å²) in [4.78, 5) is 10.5. The number of ketones is 1. The highest BCUT2D eigenvalue weighted by Crippen LogP contribution is 1.98. The lowest BCUT2D eigenvalue weighted by molar-refractivity contribution is -0.128. The zero-order valence-corrected chi connectivity index (χ0v) is 4.59. The molecule has 1 unspecified atom stereocenters. The maximum atomic E-state index is 10.5. The van der Waals surface area contributed by atoms with Crippen LogP contribution in [-0.4, -0.2) is 25.0 Å². The number of carbonyl (C=O) groups excluding carboxylic acids is 1. The lowest BCUT2D eigenvalue weighted by atomic mass is 10.1. The Kier molecular flexibility index (Phi) is 1.60. The molecule has 1 atom stereocenters. The SMILES string of the molecule is NC1CCOCC1=O. The first-order chi connectivity index (χ1) is 3.80. The summed E-state index contributed by atoms with van der Waals surface area (Å²) in [6.07, 6.45) is 0.679. The van der Waals surface area contributed by atoms with E-state index in [4.69, 9.17) is 10.5 Å². The Bertz CT molecular complexity index is 103. The largest absolute Gasteiger partial charge is 0.374 e. The van der Waals surface area contributed by atoms with Crippen molar-refractivity contribution in [2.45, 2.75) is 12.5 Å². The monoisotopic (exact) mass is 115 g/mol. The lowest BCUT2D eigenvalue weighted by Gasteiger charge is -2.15. The van der Waals surface area contributed by atoms with E-state index in [2.05, 4.69) is 0 Å². The summed E-state index contributed by atoms with van der Waals surface area (Å²) in [6.45, 7) is 0.841. The van der Waals surface area contributed by atoms with Crippen molar-refractivity contribution in [1.29, 1.82) is 0 Å². The number of hydrogen-bond acceptors (Lipinski definition) is 3. The predicted molar refractivity (Wildman–Crippen MR) is 28.4 cm³/mol. The van der Waals surface area contributed by atoms with Gasteiger partial charge in [0.05, 0.1) is 6.04 Å². The van der Waals surface area contributed by atoms with Crippen LogP contribution in [0.4, 0.5) is 0 Å². The van der Waals surface area contributed by atoms with Gasteiger partial charge in [-0.25, -0.2) is 0 Å². The fraction of sp³-hybridized carbons (Fsp3) is 0.800. The van der Waals surface area contributed by atoms with E-state index in [1.807, 2.05) is 0 Å². The minimum atomic E-state index is -0.260. The van der Waals surface area contributed by atoms with Crippen LogP contribution < -0.4 is 5.73 Å². The van der Waals surface area contributed by atoms with Crippen LogP contribution in [0.15, 0.2) is 0 Å². The summed E-state index contributed by atoms with van der Waals surface area (Å²) >= 11 is 0. The van der Waals surface area contributed by atoms with Gasteiger partial charge in [0.15, 0.2) is 5.78 Å². The fourth-order valence-electron chi connectivity index (χ4n) is 0.651. The molecule has 0 saturated carbocycles. The number of rotatable bonds is 0. The lowest BCUT2D eigenvalue weighted by Crippen LogP contribution is -2.38. The van der Waals surface area contributed by atoms with E-state index in [9.17, 15) is 4.79 Å². The Hall–Kier alpha value is -0.410. The summed E-state index contributed by atoms with van der Waals surface area (Å²) in [5.41, 5.74) is 5.35. The molecule has 1 aliphatic heterocycles. The number of nitrogens with two attached hydrogens (primary N) is 1. The molecular weight excluding hydrogens is 106 g/mol. The molecule has 0 spiro atoms. The average Bonchev–Trinajstić information content (AvgIpc) is 1.77. The third-order valence-electron chi connectivity index (χ3n) is 1.23. The maximum absolute atomic E-state index is 10.5. The van der Waals surface area contributed by atoms with E-state index < -0.39 is 0 Å². The summed E-state index contributed by atoms with van der Waals surface area (Å²) < 4.78 is 4.82. The van der Waals surface area contributed by atoms with Crippen LogP contribution in [-0.2, 0) is 9.53 Å². The molecule has 0 radical (unpaired) electrons. The van der Waals surface area contributed by atoms with Crippen LogP contribution in [0.2, 0.25) is 0 Å². The molecule has 46 valence electrons. The molecular formula is C5H9NO2. The van der Waals surface area contributed by atoms with Gasteiger partial charge in [-0.15, -0.1) is 0 Å². The number of carbonyl (C=O) groups is 1. The van der Waals surface area contributed by atoms with E-state index in [0.717, 1.165) is 0 Å². The van der Waals surface area contributed by atoms with Crippen LogP contribution in [0.3, 0.4) is 0 Å². The second-order valence-corrected chi connectivity index (χ2v) is 1.91. The molecule has 0 aromatic carbocycles. The zero-order chi connectivity index (χ0) is 5.98. The van der Waals surface area contributed by atoms with Crippen LogP contribution in [0, 0.1) is 0 Å². The van der Waals surface area contributed by atoms with E-state index in [-0.39, 0.29) is 18.4 Å². The van der Waals surface area contributed by atoms with Crippen molar-refractivity contribution in [1.82, 2.24) is 0 Å². The number of Topliss-reactive ketones (excluding diaryl/α,β-unsaturated/α-hetero) is 1. The van der Waals surface area contributed by atoms with E-state index in [1.54, 1.807) is 0 Å².